The van der Waals surface area contributed by atoms with E-state index in [-0.39, 0.29) is 27.8 Å². The van der Waals surface area contributed by atoms with Crippen molar-refractivity contribution >= 4 is 39.8 Å². The van der Waals surface area contributed by atoms with Gasteiger partial charge in [0.05, 0.1) is 16.1 Å². The molecule has 0 spiro atoms. The van der Waals surface area contributed by atoms with E-state index in [9.17, 15) is 9.90 Å². The van der Waals surface area contributed by atoms with Crippen LogP contribution in [0.3, 0.4) is 0 Å². The largest absolute Gasteiger partial charge is 0.493 e. The number of H-pyrrole nitrogens is 1. The molecule has 2 aromatic carbocycles. The molecule has 0 aliphatic rings. The lowest BCUT2D eigenvalue weighted by molar-refractivity contribution is 0.0697. The van der Waals surface area contributed by atoms with Crippen molar-refractivity contribution < 1.29 is 15.0 Å². The molecular weight excluding hydrogens is 318 g/mol. The lowest BCUT2D eigenvalue weighted by Crippen LogP contribution is -1.94. The smallest absolute Gasteiger partial charge is 0.335 e. The van der Waals surface area contributed by atoms with Gasteiger partial charge >= 0.3 is 5.97 Å². The molecular formula is C16H12ClN3O3. The first-order valence-corrected chi connectivity index (χ1v) is 7.10. The molecule has 0 atom stereocenters. The Hall–Kier alpha value is -2.86. The molecule has 0 radical (unpaired) electrons. The Labute approximate surface area is 136 Å². The Morgan fingerprint density at radius 1 is 1.22 bits per heavy atom. The summed E-state index contributed by atoms with van der Waals surface area (Å²) in [6.07, 6.45) is 0. The Bertz CT molecular complexity index is 947. The zero-order valence-corrected chi connectivity index (χ0v) is 12.8. The molecule has 3 aromatic rings. The molecule has 23 heavy (non-hydrogen) atoms. The molecule has 3 N–H and O–H groups in total. The number of hydrogen-bond acceptors (Lipinski definition) is 4. The van der Waals surface area contributed by atoms with Gasteiger partial charge in [0.25, 0.3) is 0 Å². The summed E-state index contributed by atoms with van der Waals surface area (Å²) in [6, 6.07) is 9.72. The van der Waals surface area contributed by atoms with Crippen molar-refractivity contribution in [3.8, 4) is 5.88 Å². The number of hydrogen-bond donors (Lipinski definition) is 3. The van der Waals surface area contributed by atoms with E-state index in [2.05, 4.69) is 15.2 Å². The van der Waals surface area contributed by atoms with Crippen molar-refractivity contribution in [3.05, 3.63) is 52.5 Å². The second-order valence-corrected chi connectivity index (χ2v) is 5.40. The number of carboxylic acids is 1. The van der Waals surface area contributed by atoms with Gasteiger partial charge in [0.15, 0.2) is 5.69 Å². The summed E-state index contributed by atoms with van der Waals surface area (Å²) in [6.45, 7) is 1.91. The quantitative estimate of drug-likeness (QED) is 0.593. The number of benzene rings is 2. The van der Waals surface area contributed by atoms with Crippen molar-refractivity contribution in [3.63, 3.8) is 0 Å². The van der Waals surface area contributed by atoms with Crippen LogP contribution in [-0.2, 0) is 0 Å². The lowest BCUT2D eigenvalue weighted by Gasteiger charge is -1.99. The minimum atomic E-state index is -1.08. The highest BCUT2D eigenvalue weighted by atomic mass is 35.5. The minimum Gasteiger partial charge on any atom is -0.493 e. The number of aromatic amines is 1. The van der Waals surface area contributed by atoms with Crippen LogP contribution in [0.15, 0.2) is 46.6 Å². The molecule has 6 nitrogen and oxygen atoms in total. The summed E-state index contributed by atoms with van der Waals surface area (Å²) in [5.74, 6) is -1.19. The fourth-order valence-corrected chi connectivity index (χ4v) is 2.42. The fraction of sp³-hybridized carbons (Fsp3) is 0.0625. The van der Waals surface area contributed by atoms with Gasteiger partial charge in [-0.15, -0.1) is 10.2 Å². The normalized spacial score (nSPS) is 11.4. The third kappa shape index (κ3) is 2.76. The number of aromatic carboxylic acids is 1. The van der Waals surface area contributed by atoms with Crippen molar-refractivity contribution in [2.24, 2.45) is 10.2 Å². The summed E-state index contributed by atoms with van der Waals surface area (Å²) in [7, 11) is 0. The van der Waals surface area contributed by atoms with Crippen molar-refractivity contribution in [1.29, 1.82) is 0 Å². The third-order valence-corrected chi connectivity index (χ3v) is 3.77. The summed E-state index contributed by atoms with van der Waals surface area (Å²) in [5, 5.41) is 28.0. The predicted molar refractivity (Wildman–Crippen MR) is 87.3 cm³/mol. The predicted octanol–water partition coefficient (Wildman–Crippen LogP) is 4.95. The first-order chi connectivity index (χ1) is 11.0. The highest BCUT2D eigenvalue weighted by Gasteiger charge is 2.12. The molecule has 7 heteroatoms. The van der Waals surface area contributed by atoms with Crippen LogP contribution in [0.4, 0.5) is 11.4 Å². The van der Waals surface area contributed by atoms with E-state index in [4.69, 9.17) is 16.7 Å². The number of azo groups is 1. The van der Waals surface area contributed by atoms with Crippen LogP contribution in [0.2, 0.25) is 5.02 Å². The summed E-state index contributed by atoms with van der Waals surface area (Å²) in [5.41, 5.74) is 2.28. The molecule has 0 fully saturated rings. The maximum absolute atomic E-state index is 11.0. The molecule has 116 valence electrons. The molecule has 1 aromatic heterocycles. The van der Waals surface area contributed by atoms with Gasteiger partial charge in [-0.2, -0.15) is 0 Å². The van der Waals surface area contributed by atoms with Crippen molar-refractivity contribution in [1.82, 2.24) is 4.98 Å². The van der Waals surface area contributed by atoms with Crippen molar-refractivity contribution in [2.45, 2.75) is 6.92 Å². The summed E-state index contributed by atoms with van der Waals surface area (Å²) >= 11 is 6.01. The van der Waals surface area contributed by atoms with Crippen LogP contribution < -0.4 is 0 Å². The van der Waals surface area contributed by atoms with Crippen LogP contribution in [0.1, 0.15) is 15.9 Å². The number of halogens is 1. The maximum atomic E-state index is 11.0. The second-order valence-electron chi connectivity index (χ2n) is 4.99. The van der Waals surface area contributed by atoms with Crippen LogP contribution in [0.5, 0.6) is 5.88 Å². The number of aromatic nitrogens is 1. The topological polar surface area (TPSA) is 98.0 Å². The number of para-hydroxylation sites is 1. The highest BCUT2D eigenvalue weighted by molar-refractivity contribution is 6.33. The number of rotatable bonds is 3. The molecule has 0 amide bonds. The number of nitrogens with zero attached hydrogens (tertiary/aromatic N) is 2. The van der Waals surface area contributed by atoms with Gasteiger partial charge in [0, 0.05) is 5.39 Å². The van der Waals surface area contributed by atoms with E-state index in [1.165, 1.54) is 18.2 Å². The van der Waals surface area contributed by atoms with Crippen LogP contribution >= 0.6 is 11.6 Å². The Balaban J connectivity index is 2.07. The van der Waals surface area contributed by atoms with Crippen LogP contribution in [0.25, 0.3) is 10.9 Å². The molecule has 1 heterocycles. The van der Waals surface area contributed by atoms with E-state index >= 15 is 0 Å². The third-order valence-electron chi connectivity index (χ3n) is 3.45. The minimum absolute atomic E-state index is 0.0577. The van der Waals surface area contributed by atoms with Gasteiger partial charge < -0.3 is 15.2 Å². The zero-order chi connectivity index (χ0) is 16.6. The number of carbonyl (C=O) groups is 1. The first-order valence-electron chi connectivity index (χ1n) is 6.72. The number of nitrogens with one attached hydrogen (secondary N) is 1. The standard InChI is InChI=1S/C16H12ClN3O3/c1-8-3-2-4-10-13(8)18-15(21)14(10)20-19-12-7-9(16(22)23)5-6-11(12)17/h2-7,18,21H,1H3,(H,22,23). The van der Waals surface area contributed by atoms with Crippen molar-refractivity contribution in [2.75, 3.05) is 0 Å². The van der Waals surface area contributed by atoms with Gasteiger partial charge in [-0.1, -0.05) is 29.8 Å². The molecule has 0 saturated heterocycles. The van der Waals surface area contributed by atoms with Crippen LogP contribution in [-0.4, -0.2) is 21.2 Å². The van der Waals surface area contributed by atoms with Gasteiger partial charge in [-0.3, -0.25) is 0 Å². The van der Waals surface area contributed by atoms with E-state index in [1.807, 2.05) is 25.1 Å². The van der Waals surface area contributed by atoms with E-state index < -0.39 is 5.97 Å². The molecule has 0 unspecified atom stereocenters. The van der Waals surface area contributed by atoms with Gasteiger partial charge in [-0.05, 0) is 30.7 Å². The van der Waals surface area contributed by atoms with E-state index in [0.29, 0.717) is 0 Å². The Morgan fingerprint density at radius 2 is 2.00 bits per heavy atom. The molecule has 0 aliphatic carbocycles. The van der Waals surface area contributed by atoms with Crippen LogP contribution in [0, 0.1) is 6.92 Å². The number of carboxylic acid groups (broad SMARTS) is 1. The second kappa shape index (κ2) is 5.73. The van der Waals surface area contributed by atoms with E-state index in [0.717, 1.165) is 16.5 Å². The molecule has 3 rings (SSSR count). The first kappa shape index (κ1) is 15.1. The van der Waals surface area contributed by atoms with Gasteiger partial charge in [-0.25, -0.2) is 4.79 Å². The fourth-order valence-electron chi connectivity index (χ4n) is 2.26. The SMILES string of the molecule is Cc1cccc2c(N=Nc3cc(C(=O)O)ccc3Cl)c(O)[nH]c12. The summed E-state index contributed by atoms with van der Waals surface area (Å²) in [4.78, 5) is 13.9. The zero-order valence-electron chi connectivity index (χ0n) is 12.0. The van der Waals surface area contributed by atoms with Gasteiger partial charge in [0.2, 0.25) is 5.88 Å². The number of aryl methyl sites for hydroxylation is 1. The lowest BCUT2D eigenvalue weighted by atomic mass is 10.1. The Morgan fingerprint density at radius 3 is 2.74 bits per heavy atom. The summed E-state index contributed by atoms with van der Waals surface area (Å²) < 4.78 is 0. The monoisotopic (exact) mass is 329 g/mol. The maximum Gasteiger partial charge on any atom is 0.335 e. The molecule has 0 bridgehead atoms. The van der Waals surface area contributed by atoms with Gasteiger partial charge in [0.1, 0.15) is 5.69 Å². The highest BCUT2D eigenvalue weighted by Crippen LogP contribution is 2.38. The number of aromatic hydroxyl groups is 1. The van der Waals surface area contributed by atoms with E-state index in [1.54, 1.807) is 0 Å². The average Bonchev–Trinajstić information content (AvgIpc) is 2.83. The average molecular weight is 330 g/mol. The molecule has 0 saturated carbocycles. The Kier molecular flexibility index (Phi) is 3.75. The molecule has 0 aliphatic heterocycles. The number of fused-ring (bicyclic) bond motifs is 1.